The molecule has 17 heavy (non-hydrogen) atoms. The lowest BCUT2D eigenvalue weighted by Gasteiger charge is -2.17. The molecule has 1 aromatic rings. The molecule has 0 aromatic carbocycles. The second kappa shape index (κ2) is 5.30. The van der Waals surface area contributed by atoms with Crippen molar-refractivity contribution in [3.05, 3.63) is 12.4 Å². The van der Waals surface area contributed by atoms with E-state index < -0.39 is 17.9 Å². The molecule has 0 fully saturated rings. The lowest BCUT2D eigenvalue weighted by Crippen LogP contribution is -2.37. The molecule has 0 aliphatic carbocycles. The number of aromatic nitrogens is 2. The van der Waals surface area contributed by atoms with Crippen molar-refractivity contribution in [1.82, 2.24) is 9.55 Å². The summed E-state index contributed by atoms with van der Waals surface area (Å²) in [7, 11) is 1.67. The van der Waals surface area contributed by atoms with Gasteiger partial charge in [-0.15, -0.1) is 0 Å². The SMILES string of the molecule is Cn1ccnc1SCC(/C(N)=N/O)C(F)(F)F. The van der Waals surface area contributed by atoms with Gasteiger partial charge in [-0.25, -0.2) is 4.98 Å². The Labute approximate surface area is 99.5 Å². The number of nitrogens with two attached hydrogens (primary N) is 1. The first-order valence-corrected chi connectivity index (χ1v) is 5.49. The molecule has 1 unspecified atom stereocenters. The second-order valence-electron chi connectivity index (χ2n) is 3.25. The minimum absolute atomic E-state index is 0.385. The van der Waals surface area contributed by atoms with E-state index in [1.165, 1.54) is 6.20 Å². The summed E-state index contributed by atoms with van der Waals surface area (Å²) < 4.78 is 39.3. The lowest BCUT2D eigenvalue weighted by molar-refractivity contribution is -0.150. The molecule has 9 heteroatoms. The normalized spacial score (nSPS) is 14.9. The van der Waals surface area contributed by atoms with Gasteiger partial charge in [0, 0.05) is 25.2 Å². The van der Waals surface area contributed by atoms with Crippen LogP contribution >= 0.6 is 11.8 Å². The zero-order valence-corrected chi connectivity index (χ0v) is 9.66. The van der Waals surface area contributed by atoms with Gasteiger partial charge in [0.2, 0.25) is 0 Å². The average Bonchev–Trinajstić information content (AvgIpc) is 2.62. The van der Waals surface area contributed by atoms with Crippen molar-refractivity contribution in [2.24, 2.45) is 23.9 Å². The van der Waals surface area contributed by atoms with Crippen molar-refractivity contribution in [3.63, 3.8) is 0 Å². The highest BCUT2D eigenvalue weighted by Gasteiger charge is 2.42. The molecule has 0 saturated heterocycles. The topological polar surface area (TPSA) is 76.4 Å². The fraction of sp³-hybridized carbons (Fsp3) is 0.500. The van der Waals surface area contributed by atoms with E-state index in [2.05, 4.69) is 10.1 Å². The molecule has 0 amide bonds. The summed E-state index contributed by atoms with van der Waals surface area (Å²) in [4.78, 5) is 3.87. The number of hydrogen-bond donors (Lipinski definition) is 2. The molecule has 1 heterocycles. The Hall–Kier alpha value is -1.38. The molecule has 1 aromatic heterocycles. The predicted molar refractivity (Wildman–Crippen MR) is 56.9 cm³/mol. The third kappa shape index (κ3) is 3.55. The Kier molecular flexibility index (Phi) is 4.27. The summed E-state index contributed by atoms with van der Waals surface area (Å²) in [5.41, 5.74) is 5.02. The number of hydrogen-bond acceptors (Lipinski definition) is 4. The molecular weight excluding hydrogens is 257 g/mol. The van der Waals surface area contributed by atoms with Gasteiger partial charge < -0.3 is 15.5 Å². The van der Waals surface area contributed by atoms with Gasteiger partial charge in [0.25, 0.3) is 0 Å². The average molecular weight is 268 g/mol. The number of amidine groups is 1. The van der Waals surface area contributed by atoms with Crippen molar-refractivity contribution in [1.29, 1.82) is 0 Å². The van der Waals surface area contributed by atoms with E-state index in [-0.39, 0.29) is 5.75 Å². The van der Waals surface area contributed by atoms with Gasteiger partial charge in [-0.3, -0.25) is 0 Å². The predicted octanol–water partition coefficient (Wildman–Crippen LogP) is 1.44. The fourth-order valence-corrected chi connectivity index (χ4v) is 2.14. The van der Waals surface area contributed by atoms with Gasteiger partial charge in [-0.1, -0.05) is 16.9 Å². The highest BCUT2D eigenvalue weighted by molar-refractivity contribution is 7.99. The quantitative estimate of drug-likeness (QED) is 0.285. The molecule has 0 aliphatic heterocycles. The summed E-state index contributed by atoms with van der Waals surface area (Å²) in [5.74, 6) is -3.22. The third-order valence-electron chi connectivity index (χ3n) is 2.02. The maximum absolute atomic E-state index is 12.6. The zero-order chi connectivity index (χ0) is 13.1. The van der Waals surface area contributed by atoms with Gasteiger partial charge in [-0.05, 0) is 0 Å². The molecule has 5 nitrogen and oxygen atoms in total. The Balaban J connectivity index is 2.72. The second-order valence-corrected chi connectivity index (χ2v) is 4.24. The minimum Gasteiger partial charge on any atom is -0.409 e. The van der Waals surface area contributed by atoms with Crippen LogP contribution in [0.25, 0.3) is 0 Å². The first-order valence-electron chi connectivity index (χ1n) is 4.50. The van der Waals surface area contributed by atoms with Crippen LogP contribution < -0.4 is 5.73 Å². The van der Waals surface area contributed by atoms with Crippen molar-refractivity contribution in [2.45, 2.75) is 11.3 Å². The van der Waals surface area contributed by atoms with E-state index in [1.807, 2.05) is 0 Å². The number of thioether (sulfide) groups is 1. The minimum atomic E-state index is -4.55. The van der Waals surface area contributed by atoms with Crippen LogP contribution in [-0.2, 0) is 7.05 Å². The molecule has 96 valence electrons. The van der Waals surface area contributed by atoms with Crippen LogP contribution in [0.3, 0.4) is 0 Å². The van der Waals surface area contributed by atoms with E-state index in [1.54, 1.807) is 17.8 Å². The Bertz CT molecular complexity index is 404. The van der Waals surface area contributed by atoms with Crippen LogP contribution in [0.15, 0.2) is 22.7 Å². The van der Waals surface area contributed by atoms with Crippen molar-refractivity contribution in [3.8, 4) is 0 Å². The van der Waals surface area contributed by atoms with E-state index >= 15 is 0 Å². The number of rotatable bonds is 4. The summed E-state index contributed by atoms with van der Waals surface area (Å²) in [6.07, 6.45) is -1.45. The van der Waals surface area contributed by atoms with Gasteiger partial charge in [0.15, 0.2) is 11.0 Å². The van der Waals surface area contributed by atoms with Crippen LogP contribution in [0.2, 0.25) is 0 Å². The van der Waals surface area contributed by atoms with Crippen LogP contribution in [0.4, 0.5) is 13.2 Å². The molecule has 1 rings (SSSR count). The first kappa shape index (κ1) is 13.7. The number of alkyl halides is 3. The van der Waals surface area contributed by atoms with E-state index in [4.69, 9.17) is 10.9 Å². The molecule has 0 radical (unpaired) electrons. The van der Waals surface area contributed by atoms with E-state index in [0.29, 0.717) is 5.16 Å². The summed E-state index contributed by atoms with van der Waals surface area (Å²) in [6, 6.07) is 0. The maximum Gasteiger partial charge on any atom is 0.399 e. The maximum atomic E-state index is 12.6. The van der Waals surface area contributed by atoms with Gasteiger partial charge >= 0.3 is 6.18 Å². The van der Waals surface area contributed by atoms with Gasteiger partial charge in [0.1, 0.15) is 5.92 Å². The summed E-state index contributed by atoms with van der Waals surface area (Å²) in [6.45, 7) is 0. The first-order chi connectivity index (χ1) is 7.86. The largest absolute Gasteiger partial charge is 0.409 e. The van der Waals surface area contributed by atoms with Crippen LogP contribution in [0.1, 0.15) is 0 Å². The Morgan fingerprint density at radius 3 is 2.76 bits per heavy atom. The van der Waals surface area contributed by atoms with Crippen LogP contribution in [0.5, 0.6) is 0 Å². The molecule has 1 atom stereocenters. The van der Waals surface area contributed by atoms with Gasteiger partial charge in [-0.2, -0.15) is 13.2 Å². The summed E-state index contributed by atoms with van der Waals surface area (Å²) in [5, 5.41) is 11.2. The summed E-state index contributed by atoms with van der Waals surface area (Å²) >= 11 is 0.892. The third-order valence-corrected chi connectivity index (χ3v) is 3.18. The lowest BCUT2D eigenvalue weighted by atomic mass is 10.1. The van der Waals surface area contributed by atoms with Crippen molar-refractivity contribution >= 4 is 17.6 Å². The zero-order valence-electron chi connectivity index (χ0n) is 8.85. The van der Waals surface area contributed by atoms with Crippen LogP contribution in [-0.4, -0.2) is 32.5 Å². The number of oxime groups is 1. The molecular formula is C8H11F3N4OS. The highest BCUT2D eigenvalue weighted by Crippen LogP contribution is 2.31. The van der Waals surface area contributed by atoms with Crippen molar-refractivity contribution < 1.29 is 18.4 Å². The molecule has 0 aliphatic rings. The van der Waals surface area contributed by atoms with Crippen molar-refractivity contribution in [2.75, 3.05) is 5.75 Å². The number of aryl methyl sites for hydroxylation is 1. The molecule has 3 N–H and O–H groups in total. The fourth-order valence-electron chi connectivity index (χ4n) is 1.07. The molecule has 0 saturated carbocycles. The number of imidazole rings is 1. The molecule has 0 spiro atoms. The Morgan fingerprint density at radius 2 is 2.35 bits per heavy atom. The number of nitrogens with zero attached hydrogens (tertiary/aromatic N) is 3. The van der Waals surface area contributed by atoms with E-state index in [9.17, 15) is 13.2 Å². The van der Waals surface area contributed by atoms with Crippen LogP contribution in [0, 0.1) is 5.92 Å². The highest BCUT2D eigenvalue weighted by atomic mass is 32.2. The Morgan fingerprint density at radius 1 is 1.71 bits per heavy atom. The molecule has 0 bridgehead atoms. The standard InChI is InChI=1S/C8H11F3N4OS/c1-15-3-2-13-7(15)17-4-5(6(12)14-16)8(9,10)11/h2-3,5,16H,4H2,1H3,(H2,12,14). The number of halogens is 3. The smallest absolute Gasteiger partial charge is 0.399 e. The monoisotopic (exact) mass is 268 g/mol. The van der Waals surface area contributed by atoms with Gasteiger partial charge in [0.05, 0.1) is 0 Å². The van der Waals surface area contributed by atoms with E-state index in [0.717, 1.165) is 11.8 Å².